The molecule has 0 aliphatic carbocycles. The van der Waals surface area contributed by atoms with Crippen LogP contribution in [0.1, 0.15) is 36.7 Å². The number of nitrogens with one attached hydrogen (secondary N) is 2. The van der Waals surface area contributed by atoms with E-state index < -0.39 is 0 Å². The Labute approximate surface area is 151 Å². The van der Waals surface area contributed by atoms with Gasteiger partial charge < -0.3 is 10.2 Å². The van der Waals surface area contributed by atoms with Crippen molar-refractivity contribution in [3.05, 3.63) is 41.7 Å². The van der Waals surface area contributed by atoms with E-state index in [1.807, 2.05) is 32.9 Å². The molecule has 0 fully saturated rings. The molecule has 0 aliphatic rings. The molecule has 8 heteroatoms. The van der Waals surface area contributed by atoms with E-state index >= 15 is 0 Å². The van der Waals surface area contributed by atoms with E-state index in [2.05, 4.69) is 20.5 Å². The quantitative estimate of drug-likeness (QED) is 0.703. The summed E-state index contributed by atoms with van der Waals surface area (Å²) < 4.78 is 0. The topological polar surface area (TPSA) is 91.0 Å². The van der Waals surface area contributed by atoms with Crippen LogP contribution >= 0.6 is 11.8 Å². The zero-order valence-corrected chi connectivity index (χ0v) is 15.5. The molecule has 0 unspecified atom stereocenters. The van der Waals surface area contributed by atoms with Gasteiger partial charge in [-0.2, -0.15) is 5.10 Å². The lowest BCUT2D eigenvalue weighted by Gasteiger charge is -2.21. The van der Waals surface area contributed by atoms with Crippen molar-refractivity contribution in [3.63, 3.8) is 0 Å². The highest BCUT2D eigenvalue weighted by Gasteiger charge is 2.17. The van der Waals surface area contributed by atoms with Crippen LogP contribution in [0, 0.1) is 0 Å². The molecule has 2 amide bonds. The summed E-state index contributed by atoms with van der Waals surface area (Å²) in [5.41, 5.74) is 1.66. The molecule has 0 spiro atoms. The Morgan fingerprint density at radius 1 is 1.28 bits per heavy atom. The SMILES string of the molecule is CCN(CC(=O)NC(C)C)C(=O)c1ccc(CSc2ncn[nH]2)cc1. The predicted molar refractivity (Wildman–Crippen MR) is 97.2 cm³/mol. The Hall–Kier alpha value is -2.35. The highest BCUT2D eigenvalue weighted by Crippen LogP contribution is 2.18. The lowest BCUT2D eigenvalue weighted by atomic mass is 10.1. The number of amides is 2. The van der Waals surface area contributed by atoms with Crippen LogP contribution in [0.25, 0.3) is 0 Å². The summed E-state index contributed by atoms with van der Waals surface area (Å²) in [6.07, 6.45) is 1.47. The summed E-state index contributed by atoms with van der Waals surface area (Å²) in [5, 5.41) is 10.2. The first kappa shape index (κ1) is 19.0. The summed E-state index contributed by atoms with van der Waals surface area (Å²) in [5.74, 6) is 0.443. The van der Waals surface area contributed by atoms with E-state index in [1.165, 1.54) is 11.2 Å². The van der Waals surface area contributed by atoms with Crippen LogP contribution in [-0.2, 0) is 10.5 Å². The van der Waals surface area contributed by atoms with Crippen LogP contribution in [-0.4, -0.2) is 51.0 Å². The highest BCUT2D eigenvalue weighted by molar-refractivity contribution is 7.98. The number of aromatic amines is 1. The van der Waals surface area contributed by atoms with Crippen molar-refractivity contribution in [1.82, 2.24) is 25.4 Å². The van der Waals surface area contributed by atoms with Crippen molar-refractivity contribution in [2.45, 2.75) is 37.7 Å². The fourth-order valence-corrected chi connectivity index (χ4v) is 2.94. The van der Waals surface area contributed by atoms with E-state index in [-0.39, 0.29) is 24.4 Å². The number of hydrogen-bond acceptors (Lipinski definition) is 5. The van der Waals surface area contributed by atoms with Gasteiger partial charge in [-0.25, -0.2) is 4.98 Å². The molecule has 0 radical (unpaired) electrons. The molecule has 1 aromatic heterocycles. The van der Waals surface area contributed by atoms with Crippen molar-refractivity contribution in [1.29, 1.82) is 0 Å². The second-order valence-corrected chi connectivity index (χ2v) is 6.78. The molecule has 2 aromatic rings. The van der Waals surface area contributed by atoms with Crippen LogP contribution in [0.4, 0.5) is 0 Å². The molecule has 2 rings (SSSR count). The second kappa shape index (κ2) is 9.22. The standard InChI is InChI=1S/C17H23N5O2S/c1-4-22(9-15(23)20-12(2)3)16(24)14-7-5-13(6-8-14)10-25-17-18-11-19-21-17/h5-8,11-12H,4,9-10H2,1-3H3,(H,20,23)(H,18,19,21). The Kier molecular flexibility index (Phi) is 7.00. The molecule has 0 aliphatic heterocycles. The van der Waals surface area contributed by atoms with E-state index in [0.717, 1.165) is 16.5 Å². The lowest BCUT2D eigenvalue weighted by Crippen LogP contribution is -2.42. The first-order valence-electron chi connectivity index (χ1n) is 8.15. The predicted octanol–water partition coefficient (Wildman–Crippen LogP) is 2.08. The minimum Gasteiger partial charge on any atom is -0.352 e. The maximum Gasteiger partial charge on any atom is 0.254 e. The molecule has 0 saturated carbocycles. The normalized spacial score (nSPS) is 10.7. The third-order valence-corrected chi connectivity index (χ3v) is 4.37. The number of hydrogen-bond donors (Lipinski definition) is 2. The first-order valence-corrected chi connectivity index (χ1v) is 9.14. The highest BCUT2D eigenvalue weighted by atomic mass is 32.2. The maximum atomic E-state index is 12.6. The molecule has 0 bridgehead atoms. The van der Waals surface area contributed by atoms with E-state index in [4.69, 9.17) is 0 Å². The molecule has 0 saturated heterocycles. The average Bonchev–Trinajstić information content (AvgIpc) is 3.10. The number of benzene rings is 1. The summed E-state index contributed by atoms with van der Waals surface area (Å²) in [6, 6.07) is 7.47. The largest absolute Gasteiger partial charge is 0.352 e. The van der Waals surface area contributed by atoms with E-state index in [9.17, 15) is 9.59 Å². The van der Waals surface area contributed by atoms with Crippen molar-refractivity contribution in [3.8, 4) is 0 Å². The number of nitrogens with zero attached hydrogens (tertiary/aromatic N) is 3. The Morgan fingerprint density at radius 3 is 2.56 bits per heavy atom. The number of H-pyrrole nitrogens is 1. The van der Waals surface area contributed by atoms with Gasteiger partial charge in [-0.15, -0.1) is 0 Å². The molecule has 2 N–H and O–H groups in total. The molecule has 1 heterocycles. The summed E-state index contributed by atoms with van der Waals surface area (Å²) >= 11 is 1.54. The van der Waals surface area contributed by atoms with Gasteiger partial charge in [0.25, 0.3) is 5.91 Å². The Balaban J connectivity index is 1.94. The van der Waals surface area contributed by atoms with Gasteiger partial charge >= 0.3 is 0 Å². The van der Waals surface area contributed by atoms with Crippen molar-refractivity contribution >= 4 is 23.6 Å². The van der Waals surface area contributed by atoms with Gasteiger partial charge in [0, 0.05) is 23.9 Å². The number of carbonyl (C=O) groups is 2. The van der Waals surface area contributed by atoms with Crippen LogP contribution in [0.3, 0.4) is 0 Å². The smallest absolute Gasteiger partial charge is 0.254 e. The molecule has 1 aromatic carbocycles. The first-order chi connectivity index (χ1) is 12.0. The van der Waals surface area contributed by atoms with Crippen molar-refractivity contribution in [2.24, 2.45) is 0 Å². The van der Waals surface area contributed by atoms with Gasteiger partial charge in [0.2, 0.25) is 5.91 Å². The van der Waals surface area contributed by atoms with Crippen LogP contribution in [0.2, 0.25) is 0 Å². The van der Waals surface area contributed by atoms with Gasteiger partial charge in [-0.3, -0.25) is 14.7 Å². The van der Waals surface area contributed by atoms with Gasteiger partial charge in [0.05, 0.1) is 6.54 Å². The van der Waals surface area contributed by atoms with Crippen molar-refractivity contribution in [2.75, 3.05) is 13.1 Å². The third-order valence-electron chi connectivity index (χ3n) is 3.42. The number of thioether (sulfide) groups is 1. The van der Waals surface area contributed by atoms with Gasteiger partial charge in [0.1, 0.15) is 6.33 Å². The summed E-state index contributed by atoms with van der Waals surface area (Å²) in [6.45, 7) is 6.20. The van der Waals surface area contributed by atoms with E-state index in [1.54, 1.807) is 23.9 Å². The third kappa shape index (κ3) is 5.90. The fourth-order valence-electron chi connectivity index (χ4n) is 2.21. The molecular weight excluding hydrogens is 338 g/mol. The lowest BCUT2D eigenvalue weighted by molar-refractivity contribution is -0.122. The summed E-state index contributed by atoms with van der Waals surface area (Å²) in [7, 11) is 0. The van der Waals surface area contributed by atoms with Gasteiger partial charge in [0.15, 0.2) is 5.16 Å². The average molecular weight is 361 g/mol. The Morgan fingerprint density at radius 2 is 2.00 bits per heavy atom. The molecular formula is C17H23N5O2S. The number of likely N-dealkylation sites (N-methyl/N-ethyl adjacent to an activating group) is 1. The molecule has 134 valence electrons. The second-order valence-electron chi connectivity index (χ2n) is 5.82. The molecule has 0 atom stereocenters. The Bertz CT molecular complexity index is 686. The molecule has 7 nitrogen and oxygen atoms in total. The minimum atomic E-state index is -0.148. The van der Waals surface area contributed by atoms with Gasteiger partial charge in [-0.05, 0) is 38.5 Å². The summed E-state index contributed by atoms with van der Waals surface area (Å²) in [4.78, 5) is 30.1. The van der Waals surface area contributed by atoms with Crippen LogP contribution in [0.15, 0.2) is 35.7 Å². The number of aromatic nitrogens is 3. The number of carbonyl (C=O) groups excluding carboxylic acids is 2. The fraction of sp³-hybridized carbons (Fsp3) is 0.412. The maximum absolute atomic E-state index is 12.6. The van der Waals surface area contributed by atoms with Crippen LogP contribution < -0.4 is 5.32 Å². The minimum absolute atomic E-state index is 0.0578. The van der Waals surface area contributed by atoms with Gasteiger partial charge in [-0.1, -0.05) is 23.9 Å². The monoisotopic (exact) mass is 361 g/mol. The van der Waals surface area contributed by atoms with Crippen molar-refractivity contribution < 1.29 is 9.59 Å². The molecule has 25 heavy (non-hydrogen) atoms. The van der Waals surface area contributed by atoms with E-state index in [0.29, 0.717) is 12.1 Å². The van der Waals surface area contributed by atoms with Crippen LogP contribution in [0.5, 0.6) is 0 Å². The zero-order chi connectivity index (χ0) is 18.2. The number of rotatable bonds is 8. The zero-order valence-electron chi connectivity index (χ0n) is 14.7.